The lowest BCUT2D eigenvalue weighted by Gasteiger charge is -2.21. The molecule has 19 heteroatoms. The number of carbonyl (C=O) groups is 4. The van der Waals surface area contributed by atoms with E-state index in [0.29, 0.717) is 25.7 Å². The molecule has 0 radical (unpaired) electrons. The molecule has 0 aliphatic carbocycles. The van der Waals surface area contributed by atoms with E-state index < -0.39 is 97.5 Å². The predicted molar refractivity (Wildman–Crippen MR) is 395 cm³/mol. The summed E-state index contributed by atoms with van der Waals surface area (Å²) in [6, 6.07) is 0. The Hall–Kier alpha value is -1.94. The van der Waals surface area contributed by atoms with Crippen molar-refractivity contribution in [3.05, 3.63) is 0 Å². The number of phosphoric acid groups is 2. The summed E-state index contributed by atoms with van der Waals surface area (Å²) in [7, 11) is -9.91. The van der Waals surface area contributed by atoms with Crippen LogP contribution < -0.4 is 0 Å². The zero-order valence-corrected chi connectivity index (χ0v) is 65.3. The molecule has 0 spiro atoms. The number of phosphoric ester groups is 2. The molecule has 0 aromatic rings. The van der Waals surface area contributed by atoms with Crippen molar-refractivity contribution in [1.82, 2.24) is 0 Å². The van der Waals surface area contributed by atoms with E-state index in [1.54, 1.807) is 0 Å². The molecule has 0 aromatic heterocycles. The summed E-state index contributed by atoms with van der Waals surface area (Å²) in [5.41, 5.74) is 0. The van der Waals surface area contributed by atoms with Crippen molar-refractivity contribution in [1.29, 1.82) is 0 Å². The van der Waals surface area contributed by atoms with Crippen LogP contribution in [0.3, 0.4) is 0 Å². The number of hydrogen-bond acceptors (Lipinski definition) is 15. The minimum atomic E-state index is -4.96. The lowest BCUT2D eigenvalue weighted by atomic mass is 9.99. The smallest absolute Gasteiger partial charge is 0.462 e. The van der Waals surface area contributed by atoms with Crippen LogP contribution in [-0.2, 0) is 65.4 Å². The molecule has 0 heterocycles. The predicted octanol–water partition coefficient (Wildman–Crippen LogP) is 23.0. The Morgan fingerprint density at radius 3 is 0.784 bits per heavy atom. The topological polar surface area (TPSA) is 237 Å². The van der Waals surface area contributed by atoms with Gasteiger partial charge < -0.3 is 33.8 Å². The fourth-order valence-electron chi connectivity index (χ4n) is 11.9. The Morgan fingerprint density at radius 1 is 0.299 bits per heavy atom. The summed E-state index contributed by atoms with van der Waals surface area (Å²) in [5, 5.41) is 10.6. The first-order valence-corrected chi connectivity index (χ1v) is 43.4. The Balaban J connectivity index is 5.20. The highest BCUT2D eigenvalue weighted by Crippen LogP contribution is 2.45. The van der Waals surface area contributed by atoms with Gasteiger partial charge in [0.05, 0.1) is 26.4 Å². The Kier molecular flexibility index (Phi) is 67.1. The van der Waals surface area contributed by atoms with E-state index in [9.17, 15) is 43.2 Å². The molecular formula is C78H152O17P2. The number of aliphatic hydroxyl groups is 1. The molecule has 7 atom stereocenters. The summed E-state index contributed by atoms with van der Waals surface area (Å²) in [6.45, 7) is 11.9. The number of rotatable bonds is 76. The zero-order valence-electron chi connectivity index (χ0n) is 63.5. The molecule has 0 aliphatic rings. The second-order valence-electron chi connectivity index (χ2n) is 29.1. The molecule has 576 valence electrons. The lowest BCUT2D eigenvalue weighted by Crippen LogP contribution is -2.30. The summed E-state index contributed by atoms with van der Waals surface area (Å²) in [6.07, 6.45) is 55.6. The van der Waals surface area contributed by atoms with Gasteiger partial charge in [-0.2, -0.15) is 0 Å². The van der Waals surface area contributed by atoms with E-state index in [1.165, 1.54) is 205 Å². The third kappa shape index (κ3) is 69.5. The molecule has 0 rings (SSSR count). The average molecular weight is 1420 g/mol. The largest absolute Gasteiger partial charge is 0.472 e. The summed E-state index contributed by atoms with van der Waals surface area (Å²) in [4.78, 5) is 72.8. The maximum atomic E-state index is 13.1. The third-order valence-electron chi connectivity index (χ3n) is 18.9. The van der Waals surface area contributed by atoms with Crippen LogP contribution in [0.4, 0.5) is 0 Å². The molecular weight excluding hydrogens is 1270 g/mol. The van der Waals surface area contributed by atoms with Gasteiger partial charge in [0.25, 0.3) is 0 Å². The normalized spacial score (nSPS) is 14.6. The van der Waals surface area contributed by atoms with Gasteiger partial charge in [-0.1, -0.05) is 350 Å². The van der Waals surface area contributed by atoms with Gasteiger partial charge in [-0.25, -0.2) is 9.13 Å². The number of carbonyl (C=O) groups excluding carboxylic acids is 4. The van der Waals surface area contributed by atoms with Crippen molar-refractivity contribution in [2.75, 3.05) is 39.6 Å². The quantitative estimate of drug-likeness (QED) is 0.0222. The number of unbranched alkanes of at least 4 members (excludes halogenated alkanes) is 42. The molecule has 0 amide bonds. The molecule has 0 fully saturated rings. The van der Waals surface area contributed by atoms with Crippen molar-refractivity contribution in [2.24, 2.45) is 17.8 Å². The summed E-state index contributed by atoms with van der Waals surface area (Å²) in [5.74, 6) is 0.202. The fraction of sp³-hybridized carbons (Fsp3) is 0.949. The minimum Gasteiger partial charge on any atom is -0.462 e. The summed E-state index contributed by atoms with van der Waals surface area (Å²) < 4.78 is 68.5. The van der Waals surface area contributed by atoms with E-state index in [1.807, 2.05) is 0 Å². The Bertz CT molecular complexity index is 1890. The number of aliphatic hydroxyl groups excluding tert-OH is 1. The summed E-state index contributed by atoms with van der Waals surface area (Å²) >= 11 is 0. The second kappa shape index (κ2) is 68.5. The molecule has 0 saturated carbocycles. The van der Waals surface area contributed by atoms with E-state index in [-0.39, 0.29) is 25.7 Å². The maximum absolute atomic E-state index is 13.1. The van der Waals surface area contributed by atoms with Crippen LogP contribution in [0.15, 0.2) is 0 Å². The van der Waals surface area contributed by atoms with Crippen molar-refractivity contribution in [3.63, 3.8) is 0 Å². The van der Waals surface area contributed by atoms with Gasteiger partial charge in [0, 0.05) is 25.7 Å². The number of esters is 4. The monoisotopic (exact) mass is 1420 g/mol. The average Bonchev–Trinajstić information content (AvgIpc) is 1.36. The van der Waals surface area contributed by atoms with Crippen LogP contribution >= 0.6 is 15.6 Å². The van der Waals surface area contributed by atoms with Crippen LogP contribution in [0.2, 0.25) is 0 Å². The molecule has 0 aromatic carbocycles. The van der Waals surface area contributed by atoms with Gasteiger partial charge in [0.1, 0.15) is 19.3 Å². The molecule has 17 nitrogen and oxygen atoms in total. The van der Waals surface area contributed by atoms with Gasteiger partial charge in [-0.3, -0.25) is 37.3 Å². The van der Waals surface area contributed by atoms with Crippen LogP contribution in [0.5, 0.6) is 0 Å². The SMILES string of the molecule is CCCCCCCCCCCCCCCCC(=O)OC[C@H](COP(=O)(O)OC[C@@H](O)COP(=O)(O)OC[C@@H](COC(=O)CCCCCCCCC(C)CC)OC(=O)CCCCCCCCCCC(C)C)OC(=O)CCCCCCCCCCCCCCCCCCCCC(C)CC. The van der Waals surface area contributed by atoms with Crippen molar-refractivity contribution in [2.45, 2.75) is 420 Å². The highest BCUT2D eigenvalue weighted by Gasteiger charge is 2.30. The van der Waals surface area contributed by atoms with Crippen molar-refractivity contribution in [3.8, 4) is 0 Å². The Labute approximate surface area is 594 Å². The van der Waals surface area contributed by atoms with Gasteiger partial charge in [-0.05, 0) is 43.4 Å². The molecule has 97 heavy (non-hydrogen) atoms. The van der Waals surface area contributed by atoms with Crippen molar-refractivity contribution < 1.29 is 80.2 Å². The maximum Gasteiger partial charge on any atom is 0.472 e. The highest BCUT2D eigenvalue weighted by atomic mass is 31.2. The number of ether oxygens (including phenoxy) is 4. The van der Waals surface area contributed by atoms with Crippen LogP contribution in [0.25, 0.3) is 0 Å². The highest BCUT2D eigenvalue weighted by molar-refractivity contribution is 7.47. The molecule has 4 unspecified atom stereocenters. The van der Waals surface area contributed by atoms with Crippen molar-refractivity contribution >= 4 is 39.5 Å². The molecule has 0 aliphatic heterocycles. The first-order valence-electron chi connectivity index (χ1n) is 40.4. The van der Waals surface area contributed by atoms with Crippen LogP contribution in [0, 0.1) is 17.8 Å². The minimum absolute atomic E-state index is 0.104. The standard InChI is InChI=1S/C78H152O17P2/c1-8-11-12-13-14-15-16-17-25-28-31-37-45-52-59-75(80)88-65-73(94-77(82)61-54-47-38-32-29-26-23-21-19-18-20-22-24-27-30-36-43-50-57-70(6)9-2)67-92-96(84,85)90-63-72(79)64-91-97(86,87)93-68-74(66-89-76(81)60-53-46-41-40-44-51-58-71(7)10-3)95-78(83)62-55-48-39-34-33-35-42-49-56-69(4)5/h69-74,79H,8-68H2,1-7H3,(H,84,85)(H,86,87)/t70?,71?,72-,73-,74-/m1/s1. The first-order chi connectivity index (χ1) is 46.8. The van der Waals surface area contributed by atoms with Gasteiger partial charge in [0.2, 0.25) is 0 Å². The second-order valence-corrected chi connectivity index (χ2v) is 32.0. The van der Waals surface area contributed by atoms with Gasteiger partial charge in [0.15, 0.2) is 12.2 Å². The van der Waals surface area contributed by atoms with Gasteiger partial charge >= 0.3 is 39.5 Å². The first kappa shape index (κ1) is 95.1. The Morgan fingerprint density at radius 2 is 0.526 bits per heavy atom. The molecule has 0 saturated heterocycles. The van der Waals surface area contributed by atoms with E-state index >= 15 is 0 Å². The number of hydrogen-bond donors (Lipinski definition) is 3. The zero-order chi connectivity index (χ0) is 71.6. The van der Waals surface area contributed by atoms with E-state index in [0.717, 1.165) is 114 Å². The van der Waals surface area contributed by atoms with Gasteiger partial charge in [-0.15, -0.1) is 0 Å². The molecule has 0 bridgehead atoms. The van der Waals surface area contributed by atoms with E-state index in [2.05, 4.69) is 48.5 Å². The van der Waals surface area contributed by atoms with Crippen LogP contribution in [0.1, 0.15) is 402 Å². The lowest BCUT2D eigenvalue weighted by molar-refractivity contribution is -0.161. The fourth-order valence-corrected chi connectivity index (χ4v) is 13.5. The van der Waals surface area contributed by atoms with Crippen LogP contribution in [-0.4, -0.2) is 96.7 Å². The molecule has 3 N–H and O–H groups in total. The third-order valence-corrected chi connectivity index (χ3v) is 20.8. The van der Waals surface area contributed by atoms with E-state index in [4.69, 9.17) is 37.0 Å².